The number of methoxy groups -OCH3 is 1. The molecule has 0 unspecified atom stereocenters. The van der Waals surface area contributed by atoms with Crippen LogP contribution in [0.25, 0.3) is 0 Å². The molecule has 2 aromatic rings. The van der Waals surface area contributed by atoms with E-state index < -0.39 is 0 Å². The number of hydrogen-bond donors (Lipinski definition) is 2. The lowest BCUT2D eigenvalue weighted by Crippen LogP contribution is -2.04. The Morgan fingerprint density at radius 1 is 1.18 bits per heavy atom. The van der Waals surface area contributed by atoms with Gasteiger partial charge < -0.3 is 15.8 Å². The average Bonchev–Trinajstić information content (AvgIpc) is 2.38. The molecule has 2 rings (SSSR count). The number of nitrogens with zero attached hydrogens (tertiary/aromatic N) is 2. The average molecular weight is 230 g/mol. The second kappa shape index (κ2) is 5.16. The highest BCUT2D eigenvalue weighted by atomic mass is 16.5. The molecule has 1 aromatic carbocycles. The van der Waals surface area contributed by atoms with Gasteiger partial charge in [0, 0.05) is 12.1 Å². The zero-order chi connectivity index (χ0) is 12.1. The molecule has 0 radical (unpaired) electrons. The topological polar surface area (TPSA) is 73.1 Å². The van der Waals surface area contributed by atoms with Gasteiger partial charge in [-0.05, 0) is 18.2 Å². The minimum absolute atomic E-state index is 0.410. The van der Waals surface area contributed by atoms with Gasteiger partial charge in [-0.3, -0.25) is 0 Å². The monoisotopic (exact) mass is 230 g/mol. The molecule has 5 heteroatoms. The van der Waals surface area contributed by atoms with Gasteiger partial charge in [-0.25, -0.2) is 0 Å². The van der Waals surface area contributed by atoms with Gasteiger partial charge in [0.25, 0.3) is 0 Å². The van der Waals surface area contributed by atoms with Crippen molar-refractivity contribution in [2.45, 2.75) is 6.54 Å². The van der Waals surface area contributed by atoms with E-state index in [9.17, 15) is 0 Å². The number of hydrogen-bond acceptors (Lipinski definition) is 5. The predicted octanol–water partition coefficient (Wildman–Crippen LogP) is 1.68. The smallest absolute Gasteiger partial charge is 0.149 e. The van der Waals surface area contributed by atoms with Gasteiger partial charge in [0.1, 0.15) is 17.4 Å². The van der Waals surface area contributed by atoms with E-state index in [1.165, 1.54) is 0 Å². The maximum absolute atomic E-state index is 5.46. The van der Waals surface area contributed by atoms with Crippen LogP contribution in [0.4, 0.5) is 11.6 Å². The van der Waals surface area contributed by atoms with Gasteiger partial charge in [0.2, 0.25) is 0 Å². The van der Waals surface area contributed by atoms with Crippen molar-refractivity contribution in [3.8, 4) is 5.75 Å². The first kappa shape index (κ1) is 11.2. The highest BCUT2D eigenvalue weighted by Gasteiger charge is 2.01. The summed E-state index contributed by atoms with van der Waals surface area (Å²) < 4.78 is 5.26. The van der Waals surface area contributed by atoms with E-state index in [-0.39, 0.29) is 0 Å². The number of rotatable bonds is 4. The Hall–Kier alpha value is -2.30. The van der Waals surface area contributed by atoms with Crippen LogP contribution in [0.2, 0.25) is 0 Å². The van der Waals surface area contributed by atoms with Gasteiger partial charge >= 0.3 is 0 Å². The zero-order valence-electron chi connectivity index (χ0n) is 9.55. The van der Waals surface area contributed by atoms with Crippen molar-refractivity contribution in [1.29, 1.82) is 0 Å². The van der Waals surface area contributed by atoms with Gasteiger partial charge in [-0.15, -0.1) is 10.2 Å². The van der Waals surface area contributed by atoms with E-state index >= 15 is 0 Å². The SMILES string of the molecule is COc1ccccc1CNc1ccc(N)nn1. The number of aromatic nitrogens is 2. The van der Waals surface area contributed by atoms with E-state index in [1.54, 1.807) is 19.2 Å². The Morgan fingerprint density at radius 2 is 2.00 bits per heavy atom. The fourth-order valence-corrected chi connectivity index (χ4v) is 1.47. The second-order valence-electron chi connectivity index (χ2n) is 3.51. The molecule has 0 saturated heterocycles. The molecule has 3 N–H and O–H groups in total. The fourth-order valence-electron chi connectivity index (χ4n) is 1.47. The molecule has 0 amide bonds. The van der Waals surface area contributed by atoms with Crippen molar-refractivity contribution < 1.29 is 4.74 Å². The van der Waals surface area contributed by atoms with E-state index in [4.69, 9.17) is 10.5 Å². The highest BCUT2D eigenvalue weighted by molar-refractivity contribution is 5.41. The Morgan fingerprint density at radius 3 is 2.71 bits per heavy atom. The molecule has 1 heterocycles. The number of benzene rings is 1. The third-order valence-electron chi connectivity index (χ3n) is 2.34. The third-order valence-corrected chi connectivity index (χ3v) is 2.34. The van der Waals surface area contributed by atoms with Crippen LogP contribution in [0.15, 0.2) is 36.4 Å². The molecule has 5 nitrogen and oxygen atoms in total. The molecule has 0 spiro atoms. The number of para-hydroxylation sites is 1. The summed E-state index contributed by atoms with van der Waals surface area (Å²) in [6.07, 6.45) is 0. The summed E-state index contributed by atoms with van der Waals surface area (Å²) in [4.78, 5) is 0. The Labute approximate surface area is 99.6 Å². The number of nitrogens with one attached hydrogen (secondary N) is 1. The molecule has 0 aliphatic carbocycles. The molecule has 0 saturated carbocycles. The first-order chi connectivity index (χ1) is 8.29. The second-order valence-corrected chi connectivity index (χ2v) is 3.51. The number of anilines is 2. The van der Waals surface area contributed by atoms with Crippen molar-refractivity contribution in [2.75, 3.05) is 18.2 Å². The lowest BCUT2D eigenvalue weighted by Gasteiger charge is -2.09. The van der Waals surface area contributed by atoms with Crippen LogP contribution in [-0.2, 0) is 6.54 Å². The van der Waals surface area contributed by atoms with Crippen LogP contribution >= 0.6 is 0 Å². The molecule has 0 atom stereocenters. The number of nitrogens with two attached hydrogens (primary N) is 1. The summed E-state index contributed by atoms with van der Waals surface area (Å²) >= 11 is 0. The Kier molecular flexibility index (Phi) is 3.40. The molecule has 0 bridgehead atoms. The maximum Gasteiger partial charge on any atom is 0.149 e. The van der Waals surface area contributed by atoms with Crippen LogP contribution < -0.4 is 15.8 Å². The van der Waals surface area contributed by atoms with Crippen LogP contribution in [0.5, 0.6) is 5.75 Å². The quantitative estimate of drug-likeness (QED) is 0.836. The summed E-state index contributed by atoms with van der Waals surface area (Å²) in [5, 5.41) is 10.8. The van der Waals surface area contributed by atoms with E-state index in [0.29, 0.717) is 18.2 Å². The third kappa shape index (κ3) is 2.84. The summed E-state index contributed by atoms with van der Waals surface area (Å²) in [7, 11) is 1.65. The van der Waals surface area contributed by atoms with Crippen molar-refractivity contribution in [3.05, 3.63) is 42.0 Å². The molecular formula is C12H14N4O. The van der Waals surface area contributed by atoms with E-state index in [2.05, 4.69) is 15.5 Å². The van der Waals surface area contributed by atoms with E-state index in [0.717, 1.165) is 11.3 Å². The summed E-state index contributed by atoms with van der Waals surface area (Å²) in [5.41, 5.74) is 6.52. The lowest BCUT2D eigenvalue weighted by atomic mass is 10.2. The van der Waals surface area contributed by atoms with Crippen LogP contribution in [0.1, 0.15) is 5.56 Å². The van der Waals surface area contributed by atoms with E-state index in [1.807, 2.05) is 24.3 Å². The maximum atomic E-state index is 5.46. The molecule has 0 aliphatic heterocycles. The zero-order valence-corrected chi connectivity index (χ0v) is 9.55. The first-order valence-corrected chi connectivity index (χ1v) is 5.24. The number of nitrogen functional groups attached to an aromatic ring is 1. The summed E-state index contributed by atoms with van der Waals surface area (Å²) in [5.74, 6) is 1.95. The first-order valence-electron chi connectivity index (χ1n) is 5.24. The van der Waals surface area contributed by atoms with Gasteiger partial charge in [0.15, 0.2) is 0 Å². The molecule has 0 fully saturated rings. The van der Waals surface area contributed by atoms with Crippen molar-refractivity contribution in [1.82, 2.24) is 10.2 Å². The standard InChI is InChI=1S/C12H14N4O/c1-17-10-5-3-2-4-9(10)8-14-12-7-6-11(13)15-16-12/h2-7H,8H2,1H3,(H2,13,15)(H,14,16). The molecule has 17 heavy (non-hydrogen) atoms. The number of ether oxygens (including phenoxy) is 1. The predicted molar refractivity (Wildman–Crippen MR) is 66.8 cm³/mol. The van der Waals surface area contributed by atoms with Crippen LogP contribution in [-0.4, -0.2) is 17.3 Å². The lowest BCUT2D eigenvalue weighted by molar-refractivity contribution is 0.410. The highest BCUT2D eigenvalue weighted by Crippen LogP contribution is 2.18. The molecule has 1 aromatic heterocycles. The molecular weight excluding hydrogens is 216 g/mol. The molecule has 0 aliphatic rings. The Balaban J connectivity index is 2.04. The van der Waals surface area contributed by atoms with Crippen LogP contribution in [0, 0.1) is 0 Å². The van der Waals surface area contributed by atoms with Crippen molar-refractivity contribution in [2.24, 2.45) is 0 Å². The van der Waals surface area contributed by atoms with Crippen molar-refractivity contribution in [3.63, 3.8) is 0 Å². The summed E-state index contributed by atoms with van der Waals surface area (Å²) in [6.45, 7) is 0.628. The summed E-state index contributed by atoms with van der Waals surface area (Å²) in [6, 6.07) is 11.3. The largest absolute Gasteiger partial charge is 0.496 e. The van der Waals surface area contributed by atoms with Gasteiger partial charge in [0.05, 0.1) is 7.11 Å². The molecule has 88 valence electrons. The van der Waals surface area contributed by atoms with Gasteiger partial charge in [-0.1, -0.05) is 18.2 Å². The normalized spacial score (nSPS) is 9.94. The fraction of sp³-hybridized carbons (Fsp3) is 0.167. The minimum Gasteiger partial charge on any atom is -0.496 e. The van der Waals surface area contributed by atoms with Crippen molar-refractivity contribution >= 4 is 11.6 Å². The van der Waals surface area contributed by atoms with Gasteiger partial charge in [-0.2, -0.15) is 0 Å². The van der Waals surface area contributed by atoms with Crippen LogP contribution in [0.3, 0.4) is 0 Å². The minimum atomic E-state index is 0.410. The Bertz CT molecular complexity index is 484.